The highest BCUT2D eigenvalue weighted by molar-refractivity contribution is 6.02. The van der Waals surface area contributed by atoms with Gasteiger partial charge >= 0.3 is 6.03 Å². The minimum Gasteiger partial charge on any atom is -0.457 e. The first kappa shape index (κ1) is 20.6. The smallest absolute Gasteiger partial charge is 0.346 e. The Bertz CT molecular complexity index is 1120. The van der Waals surface area contributed by atoms with Gasteiger partial charge in [-0.15, -0.1) is 0 Å². The lowest BCUT2D eigenvalue weighted by molar-refractivity contribution is 0.204. The Hall–Kier alpha value is -3.31. The number of likely N-dealkylation sites (tertiary alicyclic amines) is 1. The monoisotopic (exact) mass is 426 g/mol. The number of urea groups is 1. The molecule has 1 fully saturated rings. The molecule has 0 bridgehead atoms. The Morgan fingerprint density at radius 1 is 1.03 bits per heavy atom. The van der Waals surface area contributed by atoms with Crippen LogP contribution in [0.5, 0.6) is 11.5 Å². The molecule has 3 aromatic rings. The second-order valence-corrected chi connectivity index (χ2v) is 8.58. The third-order valence-corrected chi connectivity index (χ3v) is 6.43. The van der Waals surface area contributed by atoms with Crippen LogP contribution in [-0.4, -0.2) is 24.0 Å². The van der Waals surface area contributed by atoms with Gasteiger partial charge in [0.05, 0.1) is 11.4 Å². The van der Waals surface area contributed by atoms with Crippen LogP contribution < -0.4 is 15.4 Å². The summed E-state index contributed by atoms with van der Waals surface area (Å²) in [6.07, 6.45) is 3.18. The zero-order chi connectivity index (χ0) is 21.9. The molecule has 2 heterocycles. The number of carbonyl (C=O) groups excluding carboxylic acids is 1. The summed E-state index contributed by atoms with van der Waals surface area (Å²) in [5, 5.41) is 6.82. The van der Waals surface area contributed by atoms with E-state index in [0.29, 0.717) is 5.92 Å². The zero-order valence-electron chi connectivity index (χ0n) is 18.4. The molecule has 1 radical (unpaired) electrons. The van der Waals surface area contributed by atoms with Crippen molar-refractivity contribution in [1.29, 1.82) is 0 Å². The van der Waals surface area contributed by atoms with E-state index in [2.05, 4.69) is 64.9 Å². The van der Waals surface area contributed by atoms with Crippen LogP contribution in [0.3, 0.4) is 0 Å². The van der Waals surface area contributed by atoms with E-state index in [1.165, 1.54) is 16.7 Å². The number of ether oxygens (including phenoxy) is 1. The summed E-state index contributed by atoms with van der Waals surface area (Å²) in [5.41, 5.74) is 5.38. The number of aryl methyl sites for hydroxylation is 1. The number of rotatable bonds is 6. The van der Waals surface area contributed by atoms with Crippen LogP contribution in [0.1, 0.15) is 42.4 Å². The van der Waals surface area contributed by atoms with E-state index in [-0.39, 0.29) is 6.03 Å². The number of anilines is 1. The molecule has 5 heteroatoms. The number of amides is 2. The minimum atomic E-state index is -0.267. The Morgan fingerprint density at radius 3 is 2.72 bits per heavy atom. The molecule has 0 atom stereocenters. The molecule has 2 aliphatic heterocycles. The third-order valence-electron chi connectivity index (χ3n) is 6.43. The van der Waals surface area contributed by atoms with E-state index in [0.717, 1.165) is 61.8 Å². The van der Waals surface area contributed by atoms with Crippen LogP contribution >= 0.6 is 0 Å². The van der Waals surface area contributed by atoms with Gasteiger partial charge in [0.2, 0.25) is 0 Å². The van der Waals surface area contributed by atoms with Crippen molar-refractivity contribution in [2.75, 3.05) is 18.4 Å². The summed E-state index contributed by atoms with van der Waals surface area (Å²) in [6, 6.07) is 22.6. The number of nitrogens with one attached hydrogen (secondary N) is 1. The Morgan fingerprint density at radius 2 is 1.88 bits per heavy atom. The standard InChI is InChI=1S/C27H28N3O2/c1-2-20-7-3-4-9-26(20)32-23-8-5-6-19(16-23)18-30-14-12-21(13-15-30)22-10-11-24-25(17-22)29-27(31)28-24/h3-11,16-17,21H,2,12-15,18H2,1H3,(H,28,31). The van der Waals surface area contributed by atoms with E-state index in [9.17, 15) is 4.79 Å². The molecule has 0 aliphatic carbocycles. The van der Waals surface area contributed by atoms with Crippen molar-refractivity contribution in [1.82, 2.24) is 10.2 Å². The van der Waals surface area contributed by atoms with Crippen molar-refractivity contribution in [3.8, 4) is 11.5 Å². The van der Waals surface area contributed by atoms with Gasteiger partial charge in [-0.3, -0.25) is 4.90 Å². The molecular weight excluding hydrogens is 398 g/mol. The summed E-state index contributed by atoms with van der Waals surface area (Å²) in [6.45, 7) is 5.19. The van der Waals surface area contributed by atoms with Gasteiger partial charge in [-0.1, -0.05) is 43.3 Å². The van der Waals surface area contributed by atoms with Crippen LogP contribution in [0.2, 0.25) is 0 Å². The highest BCUT2D eigenvalue weighted by atomic mass is 16.5. The van der Waals surface area contributed by atoms with E-state index in [4.69, 9.17) is 4.74 Å². The lowest BCUT2D eigenvalue weighted by Crippen LogP contribution is -2.32. The average molecular weight is 427 g/mol. The number of para-hydroxylation sites is 1. The molecule has 0 saturated carbocycles. The maximum atomic E-state index is 11.5. The first-order chi connectivity index (χ1) is 15.7. The number of hydrogen-bond donors (Lipinski definition) is 1. The second-order valence-electron chi connectivity index (χ2n) is 8.58. The predicted octanol–water partition coefficient (Wildman–Crippen LogP) is 6.20. The second kappa shape index (κ2) is 9.05. The van der Waals surface area contributed by atoms with E-state index >= 15 is 0 Å². The first-order valence-corrected chi connectivity index (χ1v) is 11.4. The van der Waals surface area contributed by atoms with Gasteiger partial charge in [-0.25, -0.2) is 4.79 Å². The highest BCUT2D eigenvalue weighted by Crippen LogP contribution is 2.35. The van der Waals surface area contributed by atoms with Crippen molar-refractivity contribution >= 4 is 17.4 Å². The maximum absolute atomic E-state index is 11.5. The fraction of sp³-hybridized carbons (Fsp3) is 0.296. The van der Waals surface area contributed by atoms with Gasteiger partial charge in [0.25, 0.3) is 0 Å². The summed E-state index contributed by atoms with van der Waals surface area (Å²) >= 11 is 0. The first-order valence-electron chi connectivity index (χ1n) is 11.4. The molecule has 5 nitrogen and oxygen atoms in total. The molecule has 2 aliphatic rings. The average Bonchev–Trinajstić information content (AvgIpc) is 3.19. The normalized spacial score (nSPS) is 16.3. The Balaban J connectivity index is 1.19. The van der Waals surface area contributed by atoms with Crippen LogP contribution in [0.15, 0.2) is 66.7 Å². The Labute approximate surface area is 189 Å². The molecule has 1 N–H and O–H groups in total. The van der Waals surface area contributed by atoms with E-state index in [1.54, 1.807) is 0 Å². The van der Waals surface area contributed by atoms with E-state index < -0.39 is 0 Å². The quantitative estimate of drug-likeness (QED) is 0.510. The molecule has 3 aromatic carbocycles. The number of fused-ring (bicyclic) bond motifs is 1. The highest BCUT2D eigenvalue weighted by Gasteiger charge is 2.24. The van der Waals surface area contributed by atoms with Gasteiger partial charge in [0, 0.05) is 6.54 Å². The number of carbonyl (C=O) groups is 1. The van der Waals surface area contributed by atoms with Crippen LogP contribution in [0.4, 0.5) is 16.2 Å². The molecule has 2 amide bonds. The molecular formula is C27H28N3O2. The van der Waals surface area contributed by atoms with E-state index in [1.807, 2.05) is 24.3 Å². The van der Waals surface area contributed by atoms with Crippen LogP contribution in [0, 0.1) is 0 Å². The molecule has 163 valence electrons. The molecule has 0 unspecified atom stereocenters. The third kappa shape index (κ3) is 4.48. The SMILES string of the molecule is CCc1ccccc1Oc1cccc(CN2CCC(c3ccc4c(c3)[N]C(=O)N4)CC2)c1. The topological polar surface area (TPSA) is 55.7 Å². The van der Waals surface area contributed by atoms with Crippen LogP contribution in [0.25, 0.3) is 0 Å². The summed E-state index contributed by atoms with van der Waals surface area (Å²) < 4.78 is 6.19. The minimum absolute atomic E-state index is 0.267. The number of hydrogen-bond acceptors (Lipinski definition) is 3. The van der Waals surface area contributed by atoms with Crippen molar-refractivity contribution in [2.45, 2.75) is 38.6 Å². The number of benzene rings is 3. The number of piperidine rings is 1. The fourth-order valence-electron chi connectivity index (χ4n) is 4.67. The van der Waals surface area contributed by atoms with Crippen molar-refractivity contribution < 1.29 is 9.53 Å². The van der Waals surface area contributed by atoms with Gasteiger partial charge in [-0.05, 0) is 85.3 Å². The molecule has 0 aromatic heterocycles. The summed E-state index contributed by atoms with van der Waals surface area (Å²) in [5.74, 6) is 2.34. The predicted molar refractivity (Wildman–Crippen MR) is 127 cm³/mol. The van der Waals surface area contributed by atoms with Crippen molar-refractivity contribution in [2.24, 2.45) is 0 Å². The number of nitrogens with zero attached hydrogens (tertiary/aromatic N) is 2. The van der Waals surface area contributed by atoms with Gasteiger partial charge in [-0.2, -0.15) is 5.32 Å². The molecule has 1 saturated heterocycles. The summed E-state index contributed by atoms with van der Waals surface area (Å²) in [7, 11) is 0. The van der Waals surface area contributed by atoms with Crippen LogP contribution in [-0.2, 0) is 13.0 Å². The van der Waals surface area contributed by atoms with Gasteiger partial charge in [0.1, 0.15) is 11.5 Å². The molecule has 0 spiro atoms. The lowest BCUT2D eigenvalue weighted by atomic mass is 9.89. The van der Waals surface area contributed by atoms with Crippen molar-refractivity contribution in [3.63, 3.8) is 0 Å². The largest absolute Gasteiger partial charge is 0.457 e. The lowest BCUT2D eigenvalue weighted by Gasteiger charge is -2.32. The Kier molecular flexibility index (Phi) is 5.82. The molecule has 32 heavy (non-hydrogen) atoms. The zero-order valence-corrected chi connectivity index (χ0v) is 18.4. The van der Waals surface area contributed by atoms with Gasteiger partial charge in [0.15, 0.2) is 0 Å². The summed E-state index contributed by atoms with van der Waals surface area (Å²) in [4.78, 5) is 14.0. The fourth-order valence-corrected chi connectivity index (χ4v) is 4.67. The maximum Gasteiger partial charge on any atom is 0.346 e. The van der Waals surface area contributed by atoms with Gasteiger partial charge < -0.3 is 10.1 Å². The van der Waals surface area contributed by atoms with Crippen molar-refractivity contribution in [3.05, 3.63) is 83.4 Å². The molecule has 5 rings (SSSR count).